The van der Waals surface area contributed by atoms with Gasteiger partial charge in [0, 0.05) is 18.2 Å². The van der Waals surface area contributed by atoms with E-state index in [2.05, 4.69) is 8.75 Å². The highest BCUT2D eigenvalue weighted by atomic mass is 32.1. The van der Waals surface area contributed by atoms with Crippen LogP contribution < -0.4 is 9.47 Å². The smallest absolute Gasteiger partial charge is 0.260 e. The van der Waals surface area contributed by atoms with Crippen LogP contribution in [-0.4, -0.2) is 51.5 Å². The van der Waals surface area contributed by atoms with Gasteiger partial charge in [-0.15, -0.1) is 0 Å². The average molecular weight is 399 g/mol. The number of hydrogen-bond donors (Lipinski definition) is 1. The van der Waals surface area contributed by atoms with E-state index < -0.39 is 5.60 Å². The Kier molecular flexibility index (Phi) is 5.15. The van der Waals surface area contributed by atoms with E-state index in [1.54, 1.807) is 24.1 Å². The number of carbonyl (C=O) groups excluding carboxylic acids is 1. The van der Waals surface area contributed by atoms with Crippen LogP contribution in [0.15, 0.2) is 42.5 Å². The number of carbonyl (C=O) groups is 1. The third kappa shape index (κ3) is 3.65. The topological polar surface area (TPSA) is 84.8 Å². The van der Waals surface area contributed by atoms with E-state index in [1.807, 2.05) is 30.3 Å². The van der Waals surface area contributed by atoms with Gasteiger partial charge in [0.2, 0.25) is 0 Å². The summed E-state index contributed by atoms with van der Waals surface area (Å²) in [6.07, 6.45) is 1.28. The molecule has 1 saturated heterocycles. The van der Waals surface area contributed by atoms with Crippen LogP contribution in [0.25, 0.3) is 11.0 Å². The minimum absolute atomic E-state index is 0.0922. The van der Waals surface area contributed by atoms with Crippen LogP contribution in [0.5, 0.6) is 11.5 Å². The number of aliphatic hydroxyl groups is 1. The molecule has 1 aromatic heterocycles. The Hall–Kier alpha value is -2.71. The highest BCUT2D eigenvalue weighted by molar-refractivity contribution is 7.00. The predicted molar refractivity (Wildman–Crippen MR) is 106 cm³/mol. The van der Waals surface area contributed by atoms with Crippen LogP contribution in [0, 0.1) is 0 Å². The second-order valence-corrected chi connectivity index (χ2v) is 7.38. The summed E-state index contributed by atoms with van der Waals surface area (Å²) in [6, 6.07) is 12.8. The van der Waals surface area contributed by atoms with E-state index in [0.717, 1.165) is 22.8 Å². The Morgan fingerprint density at radius 3 is 2.93 bits per heavy atom. The number of likely N-dealkylation sites (tertiary alicyclic amines) is 1. The Bertz CT molecular complexity index is 992. The van der Waals surface area contributed by atoms with Crippen LogP contribution >= 0.6 is 11.7 Å². The molecule has 1 atom stereocenters. The van der Waals surface area contributed by atoms with E-state index >= 15 is 0 Å². The van der Waals surface area contributed by atoms with E-state index in [-0.39, 0.29) is 19.1 Å². The fourth-order valence-corrected chi connectivity index (χ4v) is 4.10. The molecule has 0 radical (unpaired) electrons. The molecule has 7 nitrogen and oxygen atoms in total. The first-order valence-corrected chi connectivity index (χ1v) is 9.81. The van der Waals surface area contributed by atoms with Crippen molar-refractivity contribution in [1.82, 2.24) is 13.6 Å². The molecule has 1 N–H and O–H groups in total. The lowest BCUT2D eigenvalue weighted by Crippen LogP contribution is -2.49. The third-order valence-electron chi connectivity index (χ3n) is 5.02. The summed E-state index contributed by atoms with van der Waals surface area (Å²) in [5.74, 6) is 1.04. The fraction of sp³-hybridized carbons (Fsp3) is 0.350. The molecule has 28 heavy (non-hydrogen) atoms. The van der Waals surface area contributed by atoms with Gasteiger partial charge >= 0.3 is 0 Å². The first-order valence-electron chi connectivity index (χ1n) is 9.08. The summed E-state index contributed by atoms with van der Waals surface area (Å²) in [4.78, 5) is 14.3. The quantitative estimate of drug-likeness (QED) is 0.710. The highest BCUT2D eigenvalue weighted by Crippen LogP contribution is 2.36. The SMILES string of the molecule is COc1ccccc1[C@@]1(O)CCCN(C(=O)COc2ccc3nsnc3c2)C1. The van der Waals surface area contributed by atoms with Crippen LogP contribution in [0.2, 0.25) is 0 Å². The molecular formula is C20H21N3O4S. The van der Waals surface area contributed by atoms with Crippen LogP contribution in [0.1, 0.15) is 18.4 Å². The zero-order valence-electron chi connectivity index (χ0n) is 15.5. The molecule has 146 valence electrons. The number of benzene rings is 2. The normalized spacial score (nSPS) is 19.6. The summed E-state index contributed by atoms with van der Waals surface area (Å²) in [5.41, 5.74) is 1.13. The molecule has 2 aromatic carbocycles. The molecule has 0 saturated carbocycles. The maximum Gasteiger partial charge on any atom is 0.260 e. The van der Waals surface area contributed by atoms with Crippen molar-refractivity contribution >= 4 is 28.7 Å². The Labute approximate surface area is 166 Å². The van der Waals surface area contributed by atoms with Crippen LogP contribution in [0.3, 0.4) is 0 Å². The number of β-amino-alcohol motifs (C(OH)–C–C–N with tert-alkyl or cyclic N) is 1. The number of rotatable bonds is 5. The van der Waals surface area contributed by atoms with Crippen LogP contribution in [0.4, 0.5) is 0 Å². The van der Waals surface area contributed by atoms with Crippen LogP contribution in [-0.2, 0) is 10.4 Å². The monoisotopic (exact) mass is 399 g/mol. The van der Waals surface area contributed by atoms with Crippen molar-refractivity contribution in [2.75, 3.05) is 26.8 Å². The van der Waals surface area contributed by atoms with Crippen molar-refractivity contribution in [2.45, 2.75) is 18.4 Å². The number of ether oxygens (including phenoxy) is 2. The number of para-hydroxylation sites is 1. The number of nitrogens with zero attached hydrogens (tertiary/aromatic N) is 3. The molecule has 3 aromatic rings. The molecule has 1 fully saturated rings. The van der Waals surface area contributed by atoms with Gasteiger partial charge in [-0.3, -0.25) is 4.79 Å². The minimum Gasteiger partial charge on any atom is -0.496 e. The van der Waals surface area contributed by atoms with E-state index in [1.165, 1.54) is 0 Å². The number of methoxy groups -OCH3 is 1. The van der Waals surface area contributed by atoms with Crippen molar-refractivity contribution in [3.63, 3.8) is 0 Å². The summed E-state index contributed by atoms with van der Waals surface area (Å²) < 4.78 is 19.4. The Balaban J connectivity index is 1.44. The molecule has 4 rings (SSSR count). The van der Waals surface area contributed by atoms with Crippen molar-refractivity contribution < 1.29 is 19.4 Å². The van der Waals surface area contributed by atoms with Gasteiger partial charge in [-0.2, -0.15) is 8.75 Å². The molecule has 0 spiro atoms. The standard InChI is InChI=1S/C20H21N3O4S/c1-26-18-6-3-2-5-15(18)20(25)9-4-10-23(13-20)19(24)12-27-14-7-8-16-17(11-14)22-28-21-16/h2-3,5-8,11,25H,4,9-10,12-13H2,1H3/t20-/m1/s1. The molecule has 2 heterocycles. The Morgan fingerprint density at radius 1 is 1.25 bits per heavy atom. The van der Waals surface area contributed by atoms with Crippen molar-refractivity contribution in [1.29, 1.82) is 0 Å². The lowest BCUT2D eigenvalue weighted by atomic mass is 9.85. The largest absolute Gasteiger partial charge is 0.496 e. The first-order chi connectivity index (χ1) is 13.6. The molecule has 8 heteroatoms. The van der Waals surface area contributed by atoms with E-state index in [0.29, 0.717) is 36.4 Å². The van der Waals surface area contributed by atoms with Crippen molar-refractivity contribution in [2.24, 2.45) is 0 Å². The summed E-state index contributed by atoms with van der Waals surface area (Å²) in [6.45, 7) is 0.713. The van der Waals surface area contributed by atoms with E-state index in [9.17, 15) is 9.90 Å². The highest BCUT2D eigenvalue weighted by Gasteiger charge is 2.38. The summed E-state index contributed by atoms with van der Waals surface area (Å²) in [5, 5.41) is 11.2. The van der Waals surface area contributed by atoms with Gasteiger partial charge in [-0.1, -0.05) is 18.2 Å². The van der Waals surface area contributed by atoms with Gasteiger partial charge < -0.3 is 19.5 Å². The summed E-state index contributed by atoms with van der Waals surface area (Å²) in [7, 11) is 1.58. The zero-order valence-corrected chi connectivity index (χ0v) is 16.3. The minimum atomic E-state index is -1.13. The van der Waals surface area contributed by atoms with E-state index in [4.69, 9.17) is 9.47 Å². The van der Waals surface area contributed by atoms with Gasteiger partial charge in [-0.25, -0.2) is 0 Å². The molecule has 0 unspecified atom stereocenters. The average Bonchev–Trinajstić information content (AvgIpc) is 3.20. The lowest BCUT2D eigenvalue weighted by molar-refractivity contribution is -0.141. The number of amides is 1. The molecule has 1 aliphatic heterocycles. The number of hydrogen-bond acceptors (Lipinski definition) is 7. The van der Waals surface area contributed by atoms with Gasteiger partial charge in [0.15, 0.2) is 6.61 Å². The van der Waals surface area contributed by atoms with Gasteiger partial charge in [0.25, 0.3) is 5.91 Å². The molecular weight excluding hydrogens is 378 g/mol. The maximum atomic E-state index is 12.7. The number of fused-ring (bicyclic) bond motifs is 1. The van der Waals surface area contributed by atoms with Gasteiger partial charge in [0.05, 0.1) is 25.4 Å². The molecule has 0 bridgehead atoms. The molecule has 1 aliphatic rings. The van der Waals surface area contributed by atoms with Crippen molar-refractivity contribution in [3.8, 4) is 11.5 Å². The number of piperidine rings is 1. The first kappa shape index (κ1) is 18.6. The maximum absolute atomic E-state index is 12.7. The number of aromatic nitrogens is 2. The van der Waals surface area contributed by atoms with Crippen molar-refractivity contribution in [3.05, 3.63) is 48.0 Å². The third-order valence-corrected chi connectivity index (χ3v) is 5.58. The molecule has 0 aliphatic carbocycles. The van der Waals surface area contributed by atoms with Gasteiger partial charge in [-0.05, 0) is 31.0 Å². The second kappa shape index (κ2) is 7.73. The lowest BCUT2D eigenvalue weighted by Gasteiger charge is -2.40. The predicted octanol–water partition coefficient (Wildman–Crippen LogP) is 2.59. The Morgan fingerprint density at radius 2 is 2.07 bits per heavy atom. The fourth-order valence-electron chi connectivity index (χ4n) is 3.59. The summed E-state index contributed by atoms with van der Waals surface area (Å²) >= 11 is 1.14. The van der Waals surface area contributed by atoms with Gasteiger partial charge in [0.1, 0.15) is 28.1 Å². The zero-order chi connectivity index (χ0) is 19.6. The second-order valence-electron chi connectivity index (χ2n) is 6.85. The molecule has 1 amide bonds.